The molecule has 0 nitrogen and oxygen atoms in total. The monoisotopic (exact) mass is 268 g/mol. The Morgan fingerprint density at radius 3 is 2.73 bits per heavy atom. The van der Waals surface area contributed by atoms with Crippen molar-refractivity contribution in [2.75, 3.05) is 5.33 Å². The van der Waals surface area contributed by atoms with Gasteiger partial charge in [-0.15, -0.1) is 0 Å². The van der Waals surface area contributed by atoms with Crippen LogP contribution >= 0.6 is 15.9 Å². The Kier molecular flexibility index (Phi) is 6.00. The Balaban J connectivity index is 2.50. The molecular weight excluding hydrogens is 248 g/mol. The molecule has 0 fully saturated rings. The minimum absolute atomic E-state index is 0.798. The zero-order chi connectivity index (χ0) is 11.1. The third-order valence-corrected chi connectivity index (χ3v) is 3.71. The van der Waals surface area contributed by atoms with Crippen molar-refractivity contribution in [2.45, 2.75) is 39.5 Å². The Morgan fingerprint density at radius 2 is 2.13 bits per heavy atom. The predicted molar refractivity (Wildman–Crippen MR) is 71.7 cm³/mol. The van der Waals surface area contributed by atoms with Crippen molar-refractivity contribution in [3.63, 3.8) is 0 Å². The third kappa shape index (κ3) is 4.83. The van der Waals surface area contributed by atoms with Crippen molar-refractivity contribution < 1.29 is 0 Å². The Morgan fingerprint density at radius 1 is 1.33 bits per heavy atom. The van der Waals surface area contributed by atoms with Crippen molar-refractivity contribution in [3.8, 4) is 0 Å². The zero-order valence-corrected chi connectivity index (χ0v) is 11.4. The summed E-state index contributed by atoms with van der Waals surface area (Å²) in [6.07, 6.45) is 5.21. The van der Waals surface area contributed by atoms with Crippen molar-refractivity contribution >= 4 is 15.9 Å². The van der Waals surface area contributed by atoms with Gasteiger partial charge in [0.2, 0.25) is 0 Å². The molecule has 0 heterocycles. The fraction of sp³-hybridized carbons (Fsp3) is 0.571. The maximum atomic E-state index is 3.62. The van der Waals surface area contributed by atoms with Crippen LogP contribution < -0.4 is 0 Å². The second-order valence-electron chi connectivity index (χ2n) is 4.36. The fourth-order valence-electron chi connectivity index (χ4n) is 1.90. The molecule has 1 rings (SSSR count). The van der Waals surface area contributed by atoms with Crippen molar-refractivity contribution in [1.29, 1.82) is 0 Å². The quantitative estimate of drug-likeness (QED) is 0.654. The molecule has 0 aliphatic rings. The summed E-state index contributed by atoms with van der Waals surface area (Å²) in [5.74, 6) is 0.798. The number of hydrogen-bond acceptors (Lipinski definition) is 0. The maximum absolute atomic E-state index is 3.62. The van der Waals surface area contributed by atoms with Gasteiger partial charge in [0.25, 0.3) is 0 Å². The third-order valence-electron chi connectivity index (χ3n) is 2.79. The molecule has 0 spiro atoms. The summed E-state index contributed by atoms with van der Waals surface area (Å²) in [7, 11) is 0. The molecule has 0 saturated heterocycles. The molecule has 0 amide bonds. The number of benzene rings is 1. The average molecular weight is 269 g/mol. The summed E-state index contributed by atoms with van der Waals surface area (Å²) in [4.78, 5) is 0. The summed E-state index contributed by atoms with van der Waals surface area (Å²) in [5.41, 5.74) is 2.85. The van der Waals surface area contributed by atoms with Crippen molar-refractivity contribution in [3.05, 3.63) is 35.4 Å². The number of unbranched alkanes of at least 4 members (excludes halogenated alkanes) is 1. The standard InChI is InChI=1S/C14H21Br/c1-3-4-7-14(11-15)10-13-8-5-6-12(2)9-13/h5-6,8-9,14H,3-4,7,10-11H2,1-2H3. The van der Waals surface area contributed by atoms with Crippen LogP contribution in [0.2, 0.25) is 0 Å². The smallest absolute Gasteiger partial charge is 0.00628 e. The summed E-state index contributed by atoms with van der Waals surface area (Å²) < 4.78 is 0. The van der Waals surface area contributed by atoms with E-state index in [4.69, 9.17) is 0 Å². The van der Waals surface area contributed by atoms with Crippen molar-refractivity contribution in [1.82, 2.24) is 0 Å². The van der Waals surface area contributed by atoms with Gasteiger partial charge in [-0.2, -0.15) is 0 Å². The lowest BCUT2D eigenvalue weighted by Gasteiger charge is -2.13. The van der Waals surface area contributed by atoms with E-state index in [-0.39, 0.29) is 0 Å². The van der Waals surface area contributed by atoms with Gasteiger partial charge < -0.3 is 0 Å². The normalized spacial score (nSPS) is 12.7. The molecule has 1 atom stereocenters. The zero-order valence-electron chi connectivity index (χ0n) is 9.80. The lowest BCUT2D eigenvalue weighted by molar-refractivity contribution is 0.514. The SMILES string of the molecule is CCCCC(CBr)Cc1cccc(C)c1. The molecule has 0 aliphatic heterocycles. The Labute approximate surface area is 102 Å². The van der Waals surface area contributed by atoms with E-state index >= 15 is 0 Å². The molecule has 0 N–H and O–H groups in total. The molecular formula is C14H21Br. The molecule has 84 valence electrons. The molecule has 0 aliphatic carbocycles. The number of halogens is 1. The molecule has 0 bridgehead atoms. The minimum Gasteiger partial charge on any atom is -0.0925 e. The Bertz CT molecular complexity index is 280. The van der Waals surface area contributed by atoms with Crippen LogP contribution in [-0.4, -0.2) is 5.33 Å². The molecule has 1 aromatic rings. The number of hydrogen-bond donors (Lipinski definition) is 0. The highest BCUT2D eigenvalue weighted by Crippen LogP contribution is 2.18. The van der Waals surface area contributed by atoms with Gasteiger partial charge in [-0.1, -0.05) is 65.5 Å². The van der Waals surface area contributed by atoms with E-state index in [0.717, 1.165) is 11.2 Å². The fourth-order valence-corrected chi connectivity index (χ4v) is 2.45. The first-order chi connectivity index (χ1) is 7.26. The van der Waals surface area contributed by atoms with Crippen LogP contribution in [0.3, 0.4) is 0 Å². The van der Waals surface area contributed by atoms with E-state index in [0.29, 0.717) is 0 Å². The van der Waals surface area contributed by atoms with Gasteiger partial charge in [0.1, 0.15) is 0 Å². The van der Waals surface area contributed by atoms with Crippen molar-refractivity contribution in [2.24, 2.45) is 5.92 Å². The van der Waals surface area contributed by atoms with Crippen LogP contribution in [0.25, 0.3) is 0 Å². The molecule has 1 unspecified atom stereocenters. The van der Waals surface area contributed by atoms with Crippen LogP contribution in [0.15, 0.2) is 24.3 Å². The highest BCUT2D eigenvalue weighted by atomic mass is 79.9. The Hall–Kier alpha value is -0.300. The van der Waals surface area contributed by atoms with E-state index in [1.807, 2.05) is 0 Å². The van der Waals surface area contributed by atoms with Crippen LogP contribution in [0.5, 0.6) is 0 Å². The topological polar surface area (TPSA) is 0 Å². The molecule has 0 radical (unpaired) electrons. The van der Waals surface area contributed by atoms with E-state index in [2.05, 4.69) is 54.0 Å². The molecule has 1 heteroatoms. The highest BCUT2D eigenvalue weighted by Gasteiger charge is 2.07. The van der Waals surface area contributed by atoms with Crippen LogP contribution in [0.4, 0.5) is 0 Å². The first-order valence-electron chi connectivity index (χ1n) is 5.87. The number of rotatable bonds is 6. The predicted octanol–water partition coefficient (Wildman–Crippen LogP) is 4.74. The molecule has 0 aromatic heterocycles. The first-order valence-corrected chi connectivity index (χ1v) is 7.00. The summed E-state index contributed by atoms with van der Waals surface area (Å²) in [6, 6.07) is 8.88. The van der Waals surface area contributed by atoms with Crippen LogP contribution in [0.1, 0.15) is 37.3 Å². The van der Waals surface area contributed by atoms with Gasteiger partial charge in [-0.05, 0) is 31.2 Å². The van der Waals surface area contributed by atoms with Gasteiger partial charge in [0.05, 0.1) is 0 Å². The summed E-state index contributed by atoms with van der Waals surface area (Å²) >= 11 is 3.62. The van der Waals surface area contributed by atoms with E-state index in [1.54, 1.807) is 0 Å². The summed E-state index contributed by atoms with van der Waals surface area (Å²) in [5, 5.41) is 1.13. The van der Waals surface area contributed by atoms with Gasteiger partial charge in [-0.3, -0.25) is 0 Å². The maximum Gasteiger partial charge on any atom is 0.00628 e. The number of alkyl halides is 1. The minimum atomic E-state index is 0.798. The largest absolute Gasteiger partial charge is 0.0925 e. The molecule has 15 heavy (non-hydrogen) atoms. The average Bonchev–Trinajstić information content (AvgIpc) is 2.24. The van der Waals surface area contributed by atoms with Gasteiger partial charge in [0, 0.05) is 5.33 Å². The van der Waals surface area contributed by atoms with E-state index < -0.39 is 0 Å². The second kappa shape index (κ2) is 7.05. The lowest BCUT2D eigenvalue weighted by Crippen LogP contribution is -2.06. The number of aryl methyl sites for hydroxylation is 1. The lowest BCUT2D eigenvalue weighted by atomic mass is 9.95. The first kappa shape index (κ1) is 12.8. The van der Waals surface area contributed by atoms with Gasteiger partial charge in [0.15, 0.2) is 0 Å². The molecule has 0 saturated carbocycles. The van der Waals surface area contributed by atoms with Crippen LogP contribution in [-0.2, 0) is 6.42 Å². The molecule has 1 aromatic carbocycles. The van der Waals surface area contributed by atoms with Gasteiger partial charge in [-0.25, -0.2) is 0 Å². The van der Waals surface area contributed by atoms with E-state index in [1.165, 1.54) is 36.8 Å². The summed E-state index contributed by atoms with van der Waals surface area (Å²) in [6.45, 7) is 4.43. The van der Waals surface area contributed by atoms with Gasteiger partial charge >= 0.3 is 0 Å². The van der Waals surface area contributed by atoms with Crippen LogP contribution in [0, 0.1) is 12.8 Å². The van der Waals surface area contributed by atoms with E-state index in [9.17, 15) is 0 Å². The highest BCUT2D eigenvalue weighted by molar-refractivity contribution is 9.09. The second-order valence-corrected chi connectivity index (χ2v) is 5.00.